The summed E-state index contributed by atoms with van der Waals surface area (Å²) >= 11 is 7.68. The zero-order valence-electron chi connectivity index (χ0n) is 10.9. The zero-order chi connectivity index (χ0) is 14.1. The fourth-order valence-electron chi connectivity index (χ4n) is 1.57. The normalized spacial score (nSPS) is 11.7. The first kappa shape index (κ1) is 16.8. The molecule has 0 atom stereocenters. The molecule has 0 saturated carbocycles. The van der Waals surface area contributed by atoms with E-state index in [0.29, 0.717) is 6.54 Å². The van der Waals surface area contributed by atoms with Crippen LogP contribution in [0.15, 0.2) is 23.4 Å². The van der Waals surface area contributed by atoms with Crippen molar-refractivity contribution < 1.29 is 8.42 Å². The molecule has 0 fully saturated rings. The van der Waals surface area contributed by atoms with Crippen LogP contribution in [0.2, 0.25) is 5.02 Å². The molecule has 0 saturated heterocycles. The highest BCUT2D eigenvalue weighted by atomic mass is 35.5. The Kier molecular flexibility index (Phi) is 7.75. The van der Waals surface area contributed by atoms with E-state index >= 15 is 0 Å². The maximum Gasteiger partial charge on any atom is 0.243 e. The molecule has 1 rings (SSSR count). The minimum absolute atomic E-state index is 0.0408. The first-order chi connectivity index (χ1) is 9.08. The first-order valence-electron chi connectivity index (χ1n) is 6.16. The Labute approximate surface area is 124 Å². The summed E-state index contributed by atoms with van der Waals surface area (Å²) < 4.78 is 26.4. The van der Waals surface area contributed by atoms with Gasteiger partial charge >= 0.3 is 0 Å². The lowest BCUT2D eigenvalue weighted by Crippen LogP contribution is -2.25. The second-order valence-corrected chi connectivity index (χ2v) is 7.24. The number of halogens is 1. The molecule has 0 unspecified atom stereocenters. The van der Waals surface area contributed by atoms with Crippen molar-refractivity contribution in [2.75, 3.05) is 18.6 Å². The Hall–Kier alpha value is -0.300. The van der Waals surface area contributed by atoms with Gasteiger partial charge in [0.25, 0.3) is 0 Å². The van der Waals surface area contributed by atoms with Crippen LogP contribution in [0.25, 0.3) is 0 Å². The smallest absolute Gasteiger partial charge is 0.243 e. The highest BCUT2D eigenvalue weighted by molar-refractivity contribution is 7.98. The van der Waals surface area contributed by atoms with Gasteiger partial charge in [-0.25, -0.2) is 13.1 Å². The summed E-state index contributed by atoms with van der Waals surface area (Å²) in [6.45, 7) is 0.437. The SMILES string of the molecule is CSCCCCCCNS(=O)(=O)c1cnccc1Cl. The maximum atomic E-state index is 11.9. The summed E-state index contributed by atoms with van der Waals surface area (Å²) in [6, 6.07) is 1.47. The lowest BCUT2D eigenvalue weighted by Gasteiger charge is -2.07. The Morgan fingerprint density at radius 1 is 1.32 bits per heavy atom. The number of hydrogen-bond donors (Lipinski definition) is 1. The number of thioether (sulfide) groups is 1. The maximum absolute atomic E-state index is 11.9. The number of unbranched alkanes of at least 4 members (excludes halogenated alkanes) is 3. The molecular weight excluding hydrogens is 304 g/mol. The monoisotopic (exact) mass is 322 g/mol. The molecule has 0 spiro atoms. The van der Waals surface area contributed by atoms with Gasteiger partial charge in [-0.05, 0) is 30.9 Å². The van der Waals surface area contributed by atoms with Crippen molar-refractivity contribution in [3.8, 4) is 0 Å². The molecule has 0 amide bonds. The van der Waals surface area contributed by atoms with E-state index in [1.807, 2.05) is 11.8 Å². The van der Waals surface area contributed by atoms with Crippen LogP contribution in [0.5, 0.6) is 0 Å². The summed E-state index contributed by atoms with van der Waals surface area (Å²) in [7, 11) is -3.54. The van der Waals surface area contributed by atoms with Gasteiger partial charge in [0.2, 0.25) is 10.0 Å². The minimum Gasteiger partial charge on any atom is -0.263 e. The first-order valence-corrected chi connectivity index (χ1v) is 9.41. The number of sulfonamides is 1. The fraction of sp³-hybridized carbons (Fsp3) is 0.583. The Balaban J connectivity index is 2.34. The number of rotatable bonds is 9. The van der Waals surface area contributed by atoms with Crippen LogP contribution in [0.1, 0.15) is 25.7 Å². The third kappa shape index (κ3) is 6.12. The number of aromatic nitrogens is 1. The molecule has 1 N–H and O–H groups in total. The van der Waals surface area contributed by atoms with E-state index in [1.54, 1.807) is 0 Å². The van der Waals surface area contributed by atoms with Crippen molar-refractivity contribution in [1.82, 2.24) is 9.71 Å². The Morgan fingerprint density at radius 2 is 2.05 bits per heavy atom. The van der Waals surface area contributed by atoms with E-state index < -0.39 is 10.0 Å². The van der Waals surface area contributed by atoms with E-state index in [4.69, 9.17) is 11.6 Å². The van der Waals surface area contributed by atoms with Crippen LogP contribution >= 0.6 is 23.4 Å². The summed E-state index contributed by atoms with van der Waals surface area (Å²) in [5.74, 6) is 1.16. The second-order valence-electron chi connectivity index (χ2n) is 4.11. The topological polar surface area (TPSA) is 59.1 Å². The van der Waals surface area contributed by atoms with Gasteiger partial charge in [-0.2, -0.15) is 11.8 Å². The van der Waals surface area contributed by atoms with Crippen LogP contribution in [0.3, 0.4) is 0 Å². The van der Waals surface area contributed by atoms with Crippen LogP contribution in [-0.4, -0.2) is 32.0 Å². The lowest BCUT2D eigenvalue weighted by molar-refractivity contribution is 0.573. The van der Waals surface area contributed by atoms with Crippen molar-refractivity contribution in [3.63, 3.8) is 0 Å². The van der Waals surface area contributed by atoms with E-state index in [0.717, 1.165) is 25.0 Å². The summed E-state index contributed by atoms with van der Waals surface area (Å²) in [5.41, 5.74) is 0. The molecule has 0 aromatic carbocycles. The molecule has 1 heterocycles. The van der Waals surface area contributed by atoms with Gasteiger partial charge < -0.3 is 0 Å². The van der Waals surface area contributed by atoms with E-state index in [2.05, 4.69) is 16.0 Å². The molecule has 0 aliphatic carbocycles. The summed E-state index contributed by atoms with van der Waals surface area (Å²) in [6.07, 6.45) is 9.01. The van der Waals surface area contributed by atoms with Crippen LogP contribution < -0.4 is 4.72 Å². The van der Waals surface area contributed by atoms with Gasteiger partial charge in [-0.1, -0.05) is 24.4 Å². The molecular formula is C12H19ClN2O2S2. The third-order valence-corrected chi connectivity index (χ3v) is 5.22. The van der Waals surface area contributed by atoms with Gasteiger partial charge in [0.15, 0.2) is 0 Å². The number of pyridine rings is 1. The van der Waals surface area contributed by atoms with Crippen LogP contribution in [0, 0.1) is 0 Å². The van der Waals surface area contributed by atoms with E-state index in [-0.39, 0.29) is 9.92 Å². The molecule has 0 bridgehead atoms. The quantitative estimate of drug-likeness (QED) is 0.710. The largest absolute Gasteiger partial charge is 0.263 e. The highest BCUT2D eigenvalue weighted by Crippen LogP contribution is 2.18. The van der Waals surface area contributed by atoms with Crippen molar-refractivity contribution in [3.05, 3.63) is 23.5 Å². The zero-order valence-corrected chi connectivity index (χ0v) is 13.3. The molecule has 7 heteroatoms. The van der Waals surface area contributed by atoms with E-state index in [1.165, 1.54) is 24.9 Å². The average molecular weight is 323 g/mol. The Morgan fingerprint density at radius 3 is 2.74 bits per heavy atom. The van der Waals surface area contributed by atoms with Crippen LogP contribution in [0.4, 0.5) is 0 Å². The third-order valence-electron chi connectivity index (χ3n) is 2.59. The van der Waals surface area contributed by atoms with Gasteiger partial charge in [0, 0.05) is 18.9 Å². The molecule has 0 aliphatic heterocycles. The van der Waals surface area contributed by atoms with Gasteiger partial charge in [-0.15, -0.1) is 0 Å². The second kappa shape index (κ2) is 8.79. The van der Waals surface area contributed by atoms with Crippen molar-refractivity contribution in [2.45, 2.75) is 30.6 Å². The average Bonchev–Trinajstić information content (AvgIpc) is 2.38. The number of hydrogen-bond acceptors (Lipinski definition) is 4. The van der Waals surface area contributed by atoms with Gasteiger partial charge in [0.05, 0.1) is 5.02 Å². The predicted molar refractivity (Wildman–Crippen MR) is 81.3 cm³/mol. The van der Waals surface area contributed by atoms with Gasteiger partial charge in [0.1, 0.15) is 4.90 Å². The van der Waals surface area contributed by atoms with Crippen molar-refractivity contribution in [1.29, 1.82) is 0 Å². The fourth-order valence-corrected chi connectivity index (χ4v) is 3.57. The molecule has 19 heavy (non-hydrogen) atoms. The Bertz CT molecular complexity index is 480. The van der Waals surface area contributed by atoms with Crippen LogP contribution in [-0.2, 0) is 10.0 Å². The minimum atomic E-state index is -3.54. The molecule has 1 aromatic rings. The molecule has 108 valence electrons. The molecule has 0 aliphatic rings. The van der Waals surface area contributed by atoms with Crippen molar-refractivity contribution in [2.24, 2.45) is 0 Å². The molecule has 1 aromatic heterocycles. The summed E-state index contributed by atoms with van der Waals surface area (Å²) in [5, 5.41) is 0.197. The summed E-state index contributed by atoms with van der Waals surface area (Å²) in [4.78, 5) is 3.82. The number of nitrogens with zero attached hydrogens (tertiary/aromatic N) is 1. The van der Waals surface area contributed by atoms with Gasteiger partial charge in [-0.3, -0.25) is 4.98 Å². The highest BCUT2D eigenvalue weighted by Gasteiger charge is 2.16. The lowest BCUT2D eigenvalue weighted by atomic mass is 10.2. The molecule has 4 nitrogen and oxygen atoms in total. The van der Waals surface area contributed by atoms with Crippen molar-refractivity contribution >= 4 is 33.4 Å². The molecule has 0 radical (unpaired) electrons. The standard InChI is InChI=1S/C12H19ClN2O2S2/c1-18-9-5-3-2-4-7-15-19(16,17)12-10-14-8-6-11(12)13/h6,8,10,15H,2-5,7,9H2,1H3. The number of nitrogens with one attached hydrogen (secondary N) is 1. The van der Waals surface area contributed by atoms with E-state index in [9.17, 15) is 8.42 Å². The predicted octanol–water partition coefficient (Wildman–Crippen LogP) is 2.94.